The first-order valence-electron chi connectivity index (χ1n) is 11.0. The largest absolute Gasteiger partial charge is 0.370 e. The van der Waals surface area contributed by atoms with Crippen LogP contribution in [-0.2, 0) is 4.79 Å². The maximum Gasteiger partial charge on any atom is 0.266 e. The van der Waals surface area contributed by atoms with E-state index in [4.69, 9.17) is 12.2 Å². The molecule has 7 nitrogen and oxygen atoms in total. The van der Waals surface area contributed by atoms with Crippen LogP contribution in [-0.4, -0.2) is 40.6 Å². The van der Waals surface area contributed by atoms with E-state index in [1.807, 2.05) is 47.4 Å². The van der Waals surface area contributed by atoms with Crippen LogP contribution < -0.4 is 20.3 Å². The first-order chi connectivity index (χ1) is 15.5. The molecule has 0 unspecified atom stereocenters. The molecule has 5 rings (SSSR count). The maximum atomic E-state index is 13.0. The number of benzene rings is 2. The highest BCUT2D eigenvalue weighted by Gasteiger charge is 2.36. The molecule has 3 aromatic rings. The van der Waals surface area contributed by atoms with E-state index in [0.717, 1.165) is 29.9 Å². The molecule has 2 heterocycles. The lowest BCUT2D eigenvalue weighted by Crippen LogP contribution is -2.36. The minimum atomic E-state index is -0.261. The fraction of sp³-hybridized carbons (Fsp3) is 0.333. The van der Waals surface area contributed by atoms with Crippen molar-refractivity contribution >= 4 is 51.3 Å². The highest BCUT2D eigenvalue weighted by molar-refractivity contribution is 7.81. The van der Waals surface area contributed by atoms with Crippen molar-refractivity contribution in [3.05, 3.63) is 59.0 Å². The summed E-state index contributed by atoms with van der Waals surface area (Å²) in [4.78, 5) is 37.8. The topological polar surface area (TPSA) is 72.5 Å². The van der Waals surface area contributed by atoms with Gasteiger partial charge in [-0.15, -0.1) is 0 Å². The second-order valence-electron chi connectivity index (χ2n) is 8.44. The van der Waals surface area contributed by atoms with Crippen molar-refractivity contribution < 1.29 is 4.79 Å². The number of hydrogen-bond donors (Lipinski definition) is 1. The molecular weight excluding hydrogens is 422 g/mol. The van der Waals surface area contributed by atoms with Crippen molar-refractivity contribution in [2.45, 2.75) is 38.1 Å². The van der Waals surface area contributed by atoms with E-state index in [1.165, 1.54) is 25.5 Å². The van der Waals surface area contributed by atoms with Gasteiger partial charge in [0, 0.05) is 13.1 Å². The van der Waals surface area contributed by atoms with E-state index in [0.29, 0.717) is 22.2 Å². The smallest absolute Gasteiger partial charge is 0.266 e. The molecule has 1 saturated heterocycles. The summed E-state index contributed by atoms with van der Waals surface area (Å²) in [5, 5.41) is 0.435. The molecule has 164 valence electrons. The molecule has 1 aliphatic carbocycles. The number of amides is 1. The third-order valence-corrected chi connectivity index (χ3v) is 6.85. The molecule has 2 aliphatic rings. The van der Waals surface area contributed by atoms with Crippen LogP contribution in [0.1, 0.15) is 32.1 Å². The van der Waals surface area contributed by atoms with E-state index >= 15 is 0 Å². The van der Waals surface area contributed by atoms with Crippen molar-refractivity contribution in [2.24, 2.45) is 0 Å². The molecule has 1 amide bonds. The zero-order chi connectivity index (χ0) is 22.2. The number of aromatic nitrogens is 2. The minimum absolute atomic E-state index is 0.0766. The molecule has 0 bridgehead atoms. The van der Waals surface area contributed by atoms with Gasteiger partial charge in [-0.3, -0.25) is 14.5 Å². The van der Waals surface area contributed by atoms with E-state index in [9.17, 15) is 9.59 Å². The number of H-pyrrole nitrogens is 1. The van der Waals surface area contributed by atoms with Crippen LogP contribution in [0.5, 0.6) is 0 Å². The summed E-state index contributed by atoms with van der Waals surface area (Å²) in [5.41, 5.74) is 3.61. The fourth-order valence-corrected chi connectivity index (χ4v) is 5.12. The van der Waals surface area contributed by atoms with Crippen molar-refractivity contribution in [2.75, 3.05) is 28.3 Å². The van der Waals surface area contributed by atoms with Crippen molar-refractivity contribution in [1.29, 1.82) is 0 Å². The second kappa shape index (κ2) is 8.35. The molecule has 2 aromatic carbocycles. The summed E-state index contributed by atoms with van der Waals surface area (Å²) in [6.07, 6.45) is 7.26. The number of fused-ring (bicyclic) bond motifs is 1. The monoisotopic (exact) mass is 447 g/mol. The van der Waals surface area contributed by atoms with E-state index in [2.05, 4.69) is 21.9 Å². The molecule has 32 heavy (non-hydrogen) atoms. The van der Waals surface area contributed by atoms with Gasteiger partial charge in [-0.25, -0.2) is 4.98 Å². The Bertz CT molecular complexity index is 1240. The quantitative estimate of drug-likeness (QED) is 0.613. The number of nitrogens with zero attached hydrogens (tertiary/aromatic N) is 4. The number of nitrogens with one attached hydrogen (secondary N) is 1. The summed E-state index contributed by atoms with van der Waals surface area (Å²) in [6, 6.07) is 13.8. The van der Waals surface area contributed by atoms with Gasteiger partial charge in [-0.1, -0.05) is 37.5 Å². The molecule has 1 aliphatic heterocycles. The lowest BCUT2D eigenvalue weighted by atomic mass is 9.94. The Balaban J connectivity index is 1.61. The third kappa shape index (κ3) is 3.64. The highest BCUT2D eigenvalue weighted by Crippen LogP contribution is 2.38. The Morgan fingerprint density at radius 3 is 2.59 bits per heavy atom. The predicted octanol–water partition coefficient (Wildman–Crippen LogP) is 3.83. The number of hydrogen-bond acceptors (Lipinski definition) is 5. The van der Waals surface area contributed by atoms with Gasteiger partial charge in [-0.2, -0.15) is 0 Å². The average molecular weight is 448 g/mol. The summed E-state index contributed by atoms with van der Waals surface area (Å²) < 4.78 is 0. The van der Waals surface area contributed by atoms with E-state index in [1.54, 1.807) is 4.90 Å². The van der Waals surface area contributed by atoms with Gasteiger partial charge < -0.3 is 14.8 Å². The van der Waals surface area contributed by atoms with Gasteiger partial charge in [0.05, 0.1) is 34.3 Å². The lowest BCUT2D eigenvalue weighted by molar-refractivity contribution is -0.115. The third-order valence-electron chi connectivity index (χ3n) is 6.44. The van der Waals surface area contributed by atoms with Gasteiger partial charge in [-0.05, 0) is 49.3 Å². The molecular formula is C24H25N5O2S. The SMILES string of the molecule is CN(c1cc2ncc(=O)[nH]c2cc1N1CC(=O)N(c2ccccc2)C1=S)C1CCCCC1. The normalized spacial score (nSPS) is 17.4. The first-order valence-corrected chi connectivity index (χ1v) is 11.4. The Hall–Kier alpha value is -3.26. The number of para-hydroxylation sites is 1. The number of carbonyl (C=O) groups excluding carboxylic acids is 1. The lowest BCUT2D eigenvalue weighted by Gasteiger charge is -2.35. The van der Waals surface area contributed by atoms with Crippen LogP contribution in [0.3, 0.4) is 0 Å². The zero-order valence-electron chi connectivity index (χ0n) is 18.0. The van der Waals surface area contributed by atoms with Gasteiger partial charge in [0.2, 0.25) is 0 Å². The van der Waals surface area contributed by atoms with Crippen LogP contribution in [0, 0.1) is 0 Å². The van der Waals surface area contributed by atoms with Crippen LogP contribution in [0.4, 0.5) is 17.1 Å². The second-order valence-corrected chi connectivity index (χ2v) is 8.81. The molecule has 1 saturated carbocycles. The number of anilines is 3. The molecule has 8 heteroatoms. The Labute approximate surface area is 191 Å². The van der Waals surface area contributed by atoms with Crippen LogP contribution in [0.15, 0.2) is 53.5 Å². The first kappa shape index (κ1) is 20.6. The molecule has 2 fully saturated rings. The Morgan fingerprint density at radius 1 is 1.09 bits per heavy atom. The number of carbonyl (C=O) groups is 1. The summed E-state index contributed by atoms with van der Waals surface area (Å²) in [5.74, 6) is -0.0766. The highest BCUT2D eigenvalue weighted by atomic mass is 32.1. The molecule has 0 atom stereocenters. The van der Waals surface area contributed by atoms with Crippen LogP contribution in [0.2, 0.25) is 0 Å². The van der Waals surface area contributed by atoms with E-state index in [-0.39, 0.29) is 18.0 Å². The standard InChI is InChI=1S/C24H25N5O2S/c1-27(16-8-4-2-5-9-16)20-12-18-19(26-22(30)14-25-18)13-21(20)28-15-23(31)29(24(28)32)17-10-6-3-7-11-17/h3,6-7,10-14,16H,2,4-5,8-9,15H2,1H3,(H,26,30). The number of thiocarbonyl (C=S) groups is 1. The van der Waals surface area contributed by atoms with E-state index < -0.39 is 0 Å². The summed E-state index contributed by atoms with van der Waals surface area (Å²) in [7, 11) is 2.10. The average Bonchev–Trinajstić information content (AvgIpc) is 3.12. The maximum absolute atomic E-state index is 13.0. The van der Waals surface area contributed by atoms with Crippen molar-refractivity contribution in [3.8, 4) is 0 Å². The Morgan fingerprint density at radius 2 is 1.84 bits per heavy atom. The van der Waals surface area contributed by atoms with Gasteiger partial charge in [0.1, 0.15) is 6.54 Å². The van der Waals surface area contributed by atoms with Crippen LogP contribution in [0.25, 0.3) is 11.0 Å². The summed E-state index contributed by atoms with van der Waals surface area (Å²) in [6.45, 7) is 0.148. The molecule has 1 aromatic heterocycles. The Kier molecular flexibility index (Phi) is 5.38. The van der Waals surface area contributed by atoms with Gasteiger partial charge in [0.15, 0.2) is 5.11 Å². The van der Waals surface area contributed by atoms with Gasteiger partial charge >= 0.3 is 0 Å². The van der Waals surface area contributed by atoms with Gasteiger partial charge in [0.25, 0.3) is 11.5 Å². The van der Waals surface area contributed by atoms with Crippen molar-refractivity contribution in [1.82, 2.24) is 9.97 Å². The summed E-state index contributed by atoms with van der Waals surface area (Å²) >= 11 is 5.78. The predicted molar refractivity (Wildman–Crippen MR) is 132 cm³/mol. The van der Waals surface area contributed by atoms with Crippen molar-refractivity contribution in [3.63, 3.8) is 0 Å². The molecule has 1 N–H and O–H groups in total. The zero-order valence-corrected chi connectivity index (χ0v) is 18.8. The number of rotatable bonds is 4. The minimum Gasteiger partial charge on any atom is -0.370 e. The fourth-order valence-electron chi connectivity index (χ4n) is 4.75. The van der Waals surface area contributed by atoms with Crippen LogP contribution >= 0.6 is 12.2 Å². The molecule has 0 spiro atoms. The number of aromatic amines is 1. The molecule has 0 radical (unpaired) electrons.